The van der Waals surface area contributed by atoms with Crippen molar-refractivity contribution in [2.75, 3.05) is 0 Å². The van der Waals surface area contributed by atoms with Gasteiger partial charge >= 0.3 is 0 Å². The molecule has 0 fully saturated rings. The van der Waals surface area contributed by atoms with Crippen molar-refractivity contribution < 1.29 is 0 Å². The van der Waals surface area contributed by atoms with Crippen LogP contribution in [-0.4, -0.2) is 19.3 Å². The molecule has 0 spiro atoms. The number of hydrogen-bond acceptors (Lipinski definition) is 4. The van der Waals surface area contributed by atoms with Crippen molar-refractivity contribution in [1.29, 1.82) is 0 Å². The Hall–Kier alpha value is -2.73. The summed E-state index contributed by atoms with van der Waals surface area (Å²) >= 11 is 1.50. The molecule has 3 heterocycles. The van der Waals surface area contributed by atoms with Crippen LogP contribution in [0.5, 0.6) is 0 Å². The molecule has 5 nitrogen and oxygen atoms in total. The lowest BCUT2D eigenvalue weighted by Crippen LogP contribution is -2.21. The largest absolute Gasteiger partial charge is 0.292 e. The Bertz CT molecular complexity index is 1060. The zero-order chi connectivity index (χ0) is 16.7. The number of aryl methyl sites for hydroxylation is 2. The van der Waals surface area contributed by atoms with Crippen LogP contribution in [-0.2, 0) is 13.6 Å². The maximum absolute atomic E-state index is 13.0. The molecule has 0 radical (unpaired) electrons. The van der Waals surface area contributed by atoms with Gasteiger partial charge in [-0.25, -0.2) is 4.98 Å². The molecule has 1 aromatic carbocycles. The summed E-state index contributed by atoms with van der Waals surface area (Å²) in [7, 11) is 1.90. The Kier molecular flexibility index (Phi) is 3.54. The second kappa shape index (κ2) is 5.72. The summed E-state index contributed by atoms with van der Waals surface area (Å²) in [5.41, 5.74) is 3.87. The van der Waals surface area contributed by atoms with E-state index in [-0.39, 0.29) is 5.56 Å². The predicted octanol–water partition coefficient (Wildman–Crippen LogP) is 3.22. The van der Waals surface area contributed by atoms with Gasteiger partial charge in [-0.3, -0.25) is 14.0 Å². The van der Waals surface area contributed by atoms with Crippen LogP contribution < -0.4 is 5.56 Å². The maximum Gasteiger partial charge on any atom is 0.263 e. The molecular formula is C18H16N4OS. The average Bonchev–Trinajstić information content (AvgIpc) is 3.15. The van der Waals surface area contributed by atoms with Crippen molar-refractivity contribution >= 4 is 21.6 Å². The fraction of sp³-hybridized carbons (Fsp3) is 0.167. The van der Waals surface area contributed by atoms with E-state index >= 15 is 0 Å². The molecule has 0 N–H and O–H groups in total. The van der Waals surface area contributed by atoms with E-state index in [4.69, 9.17) is 0 Å². The number of fused-ring (bicyclic) bond motifs is 1. The van der Waals surface area contributed by atoms with Gasteiger partial charge in [0.15, 0.2) is 0 Å². The SMILES string of the molecule is Cc1cc(Cn2cnc3scc(-c4ccccc4)c3c2=O)nn1C. The number of hydrogen-bond donors (Lipinski definition) is 0. The van der Waals surface area contributed by atoms with Gasteiger partial charge in [-0.1, -0.05) is 30.3 Å². The number of nitrogens with zero attached hydrogens (tertiary/aromatic N) is 4. The minimum atomic E-state index is -0.0246. The lowest BCUT2D eigenvalue weighted by Gasteiger charge is -2.04. The van der Waals surface area contributed by atoms with Crippen LogP contribution >= 0.6 is 11.3 Å². The summed E-state index contributed by atoms with van der Waals surface area (Å²) in [6, 6.07) is 11.9. The van der Waals surface area contributed by atoms with Crippen molar-refractivity contribution in [2.24, 2.45) is 7.05 Å². The molecule has 0 bridgehead atoms. The molecule has 0 atom stereocenters. The van der Waals surface area contributed by atoms with Crippen LogP contribution in [0.2, 0.25) is 0 Å². The molecule has 24 heavy (non-hydrogen) atoms. The quantitative estimate of drug-likeness (QED) is 0.577. The second-order valence-corrected chi connectivity index (χ2v) is 6.63. The van der Waals surface area contributed by atoms with E-state index in [1.54, 1.807) is 10.9 Å². The summed E-state index contributed by atoms with van der Waals surface area (Å²) in [6.45, 7) is 2.42. The van der Waals surface area contributed by atoms with Crippen LogP contribution in [0.15, 0.2) is 52.9 Å². The van der Waals surface area contributed by atoms with Crippen molar-refractivity contribution in [2.45, 2.75) is 13.5 Å². The van der Waals surface area contributed by atoms with Crippen LogP contribution in [0, 0.1) is 6.92 Å². The van der Waals surface area contributed by atoms with Gasteiger partial charge in [0.2, 0.25) is 0 Å². The normalized spacial score (nSPS) is 11.2. The van der Waals surface area contributed by atoms with E-state index in [1.807, 2.05) is 60.4 Å². The first-order valence-electron chi connectivity index (χ1n) is 7.65. The third-order valence-electron chi connectivity index (χ3n) is 4.14. The van der Waals surface area contributed by atoms with Gasteiger partial charge in [0, 0.05) is 23.7 Å². The van der Waals surface area contributed by atoms with Crippen molar-refractivity contribution in [1.82, 2.24) is 19.3 Å². The zero-order valence-corrected chi connectivity index (χ0v) is 14.2. The smallest absolute Gasteiger partial charge is 0.263 e. The number of benzene rings is 1. The maximum atomic E-state index is 13.0. The van der Waals surface area contributed by atoms with Gasteiger partial charge in [0.1, 0.15) is 4.83 Å². The number of aromatic nitrogens is 4. The molecule has 0 saturated carbocycles. The topological polar surface area (TPSA) is 52.7 Å². The zero-order valence-electron chi connectivity index (χ0n) is 13.4. The highest BCUT2D eigenvalue weighted by atomic mass is 32.1. The summed E-state index contributed by atoms with van der Waals surface area (Å²) in [5, 5.41) is 7.11. The Morgan fingerprint density at radius 1 is 1.21 bits per heavy atom. The van der Waals surface area contributed by atoms with E-state index in [0.717, 1.165) is 27.3 Å². The Morgan fingerprint density at radius 2 is 2.00 bits per heavy atom. The fourth-order valence-corrected chi connectivity index (χ4v) is 3.70. The van der Waals surface area contributed by atoms with Gasteiger partial charge in [-0.2, -0.15) is 5.10 Å². The fourth-order valence-electron chi connectivity index (χ4n) is 2.80. The van der Waals surface area contributed by atoms with Gasteiger partial charge in [-0.15, -0.1) is 11.3 Å². The minimum absolute atomic E-state index is 0.0246. The van der Waals surface area contributed by atoms with Crippen LogP contribution in [0.25, 0.3) is 21.3 Å². The van der Waals surface area contributed by atoms with Gasteiger partial charge in [0.25, 0.3) is 5.56 Å². The molecule has 0 aliphatic rings. The monoisotopic (exact) mass is 336 g/mol. The minimum Gasteiger partial charge on any atom is -0.292 e. The Morgan fingerprint density at radius 3 is 2.71 bits per heavy atom. The molecular weight excluding hydrogens is 320 g/mol. The van der Waals surface area contributed by atoms with Gasteiger partial charge in [-0.05, 0) is 18.6 Å². The summed E-state index contributed by atoms with van der Waals surface area (Å²) in [4.78, 5) is 18.2. The molecule has 6 heteroatoms. The highest BCUT2D eigenvalue weighted by Gasteiger charge is 2.14. The van der Waals surface area contributed by atoms with Crippen LogP contribution in [0.4, 0.5) is 0 Å². The molecule has 3 aromatic heterocycles. The predicted molar refractivity (Wildman–Crippen MR) is 96.4 cm³/mol. The Balaban J connectivity index is 1.84. The van der Waals surface area contributed by atoms with Crippen molar-refractivity contribution in [3.8, 4) is 11.1 Å². The third-order valence-corrected chi connectivity index (χ3v) is 5.03. The van der Waals surface area contributed by atoms with Crippen LogP contribution in [0.1, 0.15) is 11.4 Å². The van der Waals surface area contributed by atoms with Crippen molar-refractivity contribution in [3.05, 3.63) is 69.8 Å². The molecule has 0 aliphatic carbocycles. The molecule has 0 saturated heterocycles. The first-order valence-corrected chi connectivity index (χ1v) is 8.53. The van der Waals surface area contributed by atoms with E-state index in [2.05, 4.69) is 10.1 Å². The number of rotatable bonds is 3. The molecule has 0 unspecified atom stereocenters. The molecule has 0 aliphatic heterocycles. The third kappa shape index (κ3) is 2.45. The lowest BCUT2D eigenvalue weighted by atomic mass is 10.1. The van der Waals surface area contributed by atoms with E-state index in [9.17, 15) is 4.79 Å². The first-order chi connectivity index (χ1) is 11.6. The molecule has 0 amide bonds. The average molecular weight is 336 g/mol. The second-order valence-electron chi connectivity index (χ2n) is 5.77. The summed E-state index contributed by atoms with van der Waals surface area (Å²) in [5.74, 6) is 0. The van der Waals surface area contributed by atoms with E-state index < -0.39 is 0 Å². The van der Waals surface area contributed by atoms with Crippen LogP contribution in [0.3, 0.4) is 0 Å². The molecule has 120 valence electrons. The summed E-state index contributed by atoms with van der Waals surface area (Å²) in [6.07, 6.45) is 1.61. The Labute approximate surface area is 142 Å². The molecule has 4 aromatic rings. The molecule has 4 rings (SSSR count). The lowest BCUT2D eigenvalue weighted by molar-refractivity contribution is 0.679. The number of thiophene rings is 1. The van der Waals surface area contributed by atoms with Gasteiger partial charge < -0.3 is 0 Å². The van der Waals surface area contributed by atoms with E-state index in [1.165, 1.54) is 11.3 Å². The standard InChI is InChI=1S/C18H16N4OS/c1-12-8-14(20-21(12)2)9-22-11-19-17-16(18(22)23)15(10-24-17)13-6-4-3-5-7-13/h3-8,10-11H,9H2,1-2H3. The van der Waals surface area contributed by atoms with Gasteiger partial charge in [0.05, 0.1) is 24.0 Å². The van der Waals surface area contributed by atoms with Crippen molar-refractivity contribution in [3.63, 3.8) is 0 Å². The highest BCUT2D eigenvalue weighted by molar-refractivity contribution is 7.17. The first kappa shape index (κ1) is 14.8. The highest BCUT2D eigenvalue weighted by Crippen LogP contribution is 2.30. The summed E-state index contributed by atoms with van der Waals surface area (Å²) < 4.78 is 3.44. The van der Waals surface area contributed by atoms with E-state index in [0.29, 0.717) is 11.9 Å².